The molecule has 7 heteroatoms. The molecule has 2 heterocycles. The highest BCUT2D eigenvalue weighted by molar-refractivity contribution is 6.30. The molecule has 1 aromatic carbocycles. The number of Topliss-reactive ketones (excluding diaryl/α,β-unsaturated/α-hetero) is 1. The Morgan fingerprint density at radius 1 is 1.25 bits per heavy atom. The van der Waals surface area contributed by atoms with E-state index >= 15 is 0 Å². The van der Waals surface area contributed by atoms with Gasteiger partial charge in [-0.1, -0.05) is 17.7 Å². The fourth-order valence-corrected chi connectivity index (χ4v) is 3.36. The van der Waals surface area contributed by atoms with Crippen LogP contribution in [-0.4, -0.2) is 66.9 Å². The molecule has 2 N–H and O–H groups in total. The molecule has 1 atom stereocenters. The highest BCUT2D eigenvalue weighted by atomic mass is 35.5. The van der Waals surface area contributed by atoms with E-state index in [9.17, 15) is 9.59 Å². The minimum atomic E-state index is -0.124. The zero-order chi connectivity index (χ0) is 16.9. The van der Waals surface area contributed by atoms with Crippen LogP contribution in [0.1, 0.15) is 12.8 Å². The molecule has 2 aliphatic rings. The molecular formula is C17H23ClN4O2. The Hall–Kier alpha value is -1.63. The van der Waals surface area contributed by atoms with E-state index in [0.29, 0.717) is 30.3 Å². The van der Waals surface area contributed by atoms with E-state index in [0.717, 1.165) is 32.5 Å². The van der Waals surface area contributed by atoms with Gasteiger partial charge in [0.15, 0.2) is 5.78 Å². The topological polar surface area (TPSA) is 64.7 Å². The molecule has 1 aromatic rings. The second kappa shape index (κ2) is 7.96. The molecule has 24 heavy (non-hydrogen) atoms. The van der Waals surface area contributed by atoms with Crippen molar-refractivity contribution in [2.45, 2.75) is 18.9 Å². The lowest BCUT2D eigenvalue weighted by atomic mass is 10.1. The number of hydrogen-bond donors (Lipinski definition) is 2. The highest BCUT2D eigenvalue weighted by Gasteiger charge is 2.26. The summed E-state index contributed by atoms with van der Waals surface area (Å²) in [5.41, 5.74) is 0.692. The van der Waals surface area contributed by atoms with Gasteiger partial charge in [0.05, 0.1) is 12.6 Å². The van der Waals surface area contributed by atoms with Crippen LogP contribution in [0.5, 0.6) is 0 Å². The molecule has 0 saturated carbocycles. The molecule has 0 aliphatic carbocycles. The van der Waals surface area contributed by atoms with Gasteiger partial charge < -0.3 is 15.5 Å². The van der Waals surface area contributed by atoms with E-state index in [-0.39, 0.29) is 17.9 Å². The van der Waals surface area contributed by atoms with Gasteiger partial charge in [0, 0.05) is 36.9 Å². The molecule has 6 nitrogen and oxygen atoms in total. The summed E-state index contributed by atoms with van der Waals surface area (Å²) in [6, 6.07) is 7.01. The number of amides is 2. The van der Waals surface area contributed by atoms with Crippen LogP contribution in [0.4, 0.5) is 10.5 Å². The summed E-state index contributed by atoms with van der Waals surface area (Å²) in [5.74, 6) is 0.268. The van der Waals surface area contributed by atoms with Crippen molar-refractivity contribution in [3.05, 3.63) is 29.3 Å². The lowest BCUT2D eigenvalue weighted by Gasteiger charge is -2.34. The van der Waals surface area contributed by atoms with E-state index < -0.39 is 0 Å². The van der Waals surface area contributed by atoms with E-state index in [1.54, 1.807) is 23.1 Å². The van der Waals surface area contributed by atoms with E-state index in [1.807, 2.05) is 6.07 Å². The number of benzene rings is 1. The van der Waals surface area contributed by atoms with Crippen molar-refractivity contribution < 1.29 is 9.59 Å². The Kier molecular flexibility index (Phi) is 5.71. The first-order valence-corrected chi connectivity index (χ1v) is 8.79. The molecule has 0 bridgehead atoms. The van der Waals surface area contributed by atoms with E-state index in [4.69, 9.17) is 11.6 Å². The maximum atomic E-state index is 12.3. The average molecular weight is 351 g/mol. The van der Waals surface area contributed by atoms with Gasteiger partial charge in [0.2, 0.25) is 0 Å². The van der Waals surface area contributed by atoms with Crippen molar-refractivity contribution in [1.82, 2.24) is 15.1 Å². The van der Waals surface area contributed by atoms with E-state index in [2.05, 4.69) is 15.5 Å². The largest absolute Gasteiger partial charge is 0.322 e. The third-order valence-corrected chi connectivity index (χ3v) is 4.80. The maximum Gasteiger partial charge on any atom is 0.321 e. The zero-order valence-electron chi connectivity index (χ0n) is 13.6. The van der Waals surface area contributed by atoms with Gasteiger partial charge in [0.25, 0.3) is 0 Å². The van der Waals surface area contributed by atoms with Crippen molar-refractivity contribution in [3.63, 3.8) is 0 Å². The van der Waals surface area contributed by atoms with Crippen molar-refractivity contribution in [2.24, 2.45) is 0 Å². The van der Waals surface area contributed by atoms with Gasteiger partial charge in [-0.25, -0.2) is 4.79 Å². The number of ketones is 1. The van der Waals surface area contributed by atoms with E-state index in [1.165, 1.54) is 0 Å². The summed E-state index contributed by atoms with van der Waals surface area (Å²) in [6.45, 7) is 4.10. The molecule has 130 valence electrons. The molecular weight excluding hydrogens is 328 g/mol. The first kappa shape index (κ1) is 17.2. The smallest absolute Gasteiger partial charge is 0.321 e. The summed E-state index contributed by atoms with van der Waals surface area (Å²) in [4.78, 5) is 28.4. The number of nitrogens with one attached hydrogen (secondary N) is 2. The van der Waals surface area contributed by atoms with Crippen LogP contribution < -0.4 is 10.6 Å². The minimum absolute atomic E-state index is 0.0224. The summed E-state index contributed by atoms with van der Waals surface area (Å²) >= 11 is 5.93. The third-order valence-electron chi connectivity index (χ3n) is 4.56. The lowest BCUT2D eigenvalue weighted by Crippen LogP contribution is -2.52. The van der Waals surface area contributed by atoms with Crippen LogP contribution >= 0.6 is 11.6 Å². The van der Waals surface area contributed by atoms with Gasteiger partial charge in [-0.05, 0) is 37.6 Å². The number of rotatable bonds is 4. The molecule has 3 rings (SSSR count). The summed E-state index contributed by atoms with van der Waals surface area (Å²) in [7, 11) is 0. The molecule has 0 spiro atoms. The highest BCUT2D eigenvalue weighted by Crippen LogP contribution is 2.16. The monoisotopic (exact) mass is 350 g/mol. The first-order valence-electron chi connectivity index (χ1n) is 8.42. The fraction of sp³-hybridized carbons (Fsp3) is 0.529. The molecule has 0 unspecified atom stereocenters. The number of carbonyl (C=O) groups is 2. The van der Waals surface area contributed by atoms with Gasteiger partial charge >= 0.3 is 6.03 Å². The van der Waals surface area contributed by atoms with Crippen molar-refractivity contribution >= 4 is 29.1 Å². The number of urea groups is 1. The summed E-state index contributed by atoms with van der Waals surface area (Å²) in [5, 5.41) is 6.70. The van der Waals surface area contributed by atoms with Crippen LogP contribution in [0.2, 0.25) is 5.02 Å². The Balaban J connectivity index is 1.44. The van der Waals surface area contributed by atoms with Crippen molar-refractivity contribution in [3.8, 4) is 0 Å². The Morgan fingerprint density at radius 2 is 2.04 bits per heavy atom. The van der Waals surface area contributed by atoms with Gasteiger partial charge in [-0.15, -0.1) is 0 Å². The predicted molar refractivity (Wildman–Crippen MR) is 94.5 cm³/mol. The molecule has 0 aromatic heterocycles. The number of piperazine rings is 1. The van der Waals surface area contributed by atoms with Gasteiger partial charge in [-0.2, -0.15) is 0 Å². The maximum absolute atomic E-state index is 12.3. The quantitative estimate of drug-likeness (QED) is 0.869. The zero-order valence-corrected chi connectivity index (χ0v) is 14.4. The molecule has 2 saturated heterocycles. The van der Waals surface area contributed by atoms with Gasteiger partial charge in [0.1, 0.15) is 0 Å². The lowest BCUT2D eigenvalue weighted by molar-refractivity contribution is -0.122. The Morgan fingerprint density at radius 3 is 2.71 bits per heavy atom. The third kappa shape index (κ3) is 4.47. The standard InChI is InChI=1S/C17H23ClN4O2/c18-13-3-1-4-14(11-13)20-17(24)22-9-7-21(8-10-22)12-16(23)15-5-2-6-19-15/h1,3-4,11,15,19H,2,5-10,12H2,(H,20,24)/t15-/m1/s1. The Bertz CT molecular complexity index is 596. The number of halogens is 1. The van der Waals surface area contributed by atoms with Gasteiger partial charge in [-0.3, -0.25) is 9.69 Å². The van der Waals surface area contributed by atoms with Crippen molar-refractivity contribution in [2.75, 3.05) is 44.6 Å². The second-order valence-electron chi connectivity index (χ2n) is 6.32. The SMILES string of the molecule is O=C(CN1CCN(C(=O)Nc2cccc(Cl)c2)CC1)[C@H]1CCCN1. The first-order chi connectivity index (χ1) is 11.6. The molecule has 2 fully saturated rings. The fourth-order valence-electron chi connectivity index (χ4n) is 3.17. The van der Waals surface area contributed by atoms with Crippen LogP contribution in [0.3, 0.4) is 0 Å². The van der Waals surface area contributed by atoms with Crippen LogP contribution in [0, 0.1) is 0 Å². The average Bonchev–Trinajstić information content (AvgIpc) is 3.10. The van der Waals surface area contributed by atoms with Crippen molar-refractivity contribution in [1.29, 1.82) is 0 Å². The Labute approximate surface area is 147 Å². The molecule has 0 radical (unpaired) electrons. The van der Waals surface area contributed by atoms with Crippen LogP contribution in [0.25, 0.3) is 0 Å². The van der Waals surface area contributed by atoms with Crippen LogP contribution in [0.15, 0.2) is 24.3 Å². The predicted octanol–water partition coefficient (Wildman–Crippen LogP) is 1.81. The summed E-state index contributed by atoms with van der Waals surface area (Å²) in [6.07, 6.45) is 2.02. The summed E-state index contributed by atoms with van der Waals surface area (Å²) < 4.78 is 0. The number of carbonyl (C=O) groups excluding carboxylic acids is 2. The molecule has 2 amide bonds. The number of nitrogens with zero attached hydrogens (tertiary/aromatic N) is 2. The number of hydrogen-bond acceptors (Lipinski definition) is 4. The normalized spacial score (nSPS) is 21.7. The second-order valence-corrected chi connectivity index (χ2v) is 6.76. The number of anilines is 1. The molecule has 2 aliphatic heterocycles. The minimum Gasteiger partial charge on any atom is -0.322 e. The van der Waals surface area contributed by atoms with Crippen LogP contribution in [-0.2, 0) is 4.79 Å².